The van der Waals surface area contributed by atoms with E-state index in [0.29, 0.717) is 17.4 Å². The van der Waals surface area contributed by atoms with Gasteiger partial charge in [0.1, 0.15) is 17.4 Å². The second-order valence-corrected chi connectivity index (χ2v) is 4.47. The first-order chi connectivity index (χ1) is 9.12. The van der Waals surface area contributed by atoms with Crippen molar-refractivity contribution in [3.8, 4) is 5.75 Å². The van der Waals surface area contributed by atoms with Crippen LogP contribution in [0.15, 0.2) is 28.7 Å². The molecular weight excluding hydrogens is 312 g/mol. The van der Waals surface area contributed by atoms with Crippen molar-refractivity contribution in [2.24, 2.45) is 5.84 Å². The summed E-state index contributed by atoms with van der Waals surface area (Å²) in [6.45, 7) is 0. The number of hydrazine groups is 1. The second-order valence-electron chi connectivity index (χ2n) is 3.62. The average molecular weight is 325 g/mol. The molecule has 0 fully saturated rings. The van der Waals surface area contributed by atoms with Gasteiger partial charge in [-0.3, -0.25) is 0 Å². The molecule has 0 aliphatic heterocycles. The summed E-state index contributed by atoms with van der Waals surface area (Å²) in [5.74, 6) is 7.10. The molecular formula is C11H13BrN6O. The molecule has 0 atom stereocenters. The first-order valence-corrected chi connectivity index (χ1v) is 6.13. The molecule has 2 aromatic rings. The fourth-order valence-electron chi connectivity index (χ4n) is 1.49. The normalized spacial score (nSPS) is 10.1. The summed E-state index contributed by atoms with van der Waals surface area (Å²) in [7, 11) is 1.60. The van der Waals surface area contributed by atoms with Gasteiger partial charge in [0.05, 0.1) is 11.6 Å². The molecule has 0 saturated carbocycles. The summed E-state index contributed by atoms with van der Waals surface area (Å²) < 4.78 is 6.08. The van der Waals surface area contributed by atoms with Crippen molar-refractivity contribution in [2.45, 2.75) is 0 Å². The molecule has 19 heavy (non-hydrogen) atoms. The molecule has 1 aromatic heterocycles. The average Bonchev–Trinajstić information content (AvgIpc) is 2.40. The number of halogens is 1. The van der Waals surface area contributed by atoms with E-state index in [-0.39, 0.29) is 5.95 Å². The molecule has 2 rings (SSSR count). The number of methoxy groups -OCH3 is 1. The van der Waals surface area contributed by atoms with Crippen molar-refractivity contribution in [3.05, 3.63) is 28.7 Å². The Labute approximate surface area is 118 Å². The summed E-state index contributed by atoms with van der Waals surface area (Å²) in [6.07, 6.45) is 0. The van der Waals surface area contributed by atoms with Crippen LogP contribution in [0.3, 0.4) is 0 Å². The molecule has 0 radical (unpaired) electrons. The molecule has 0 bridgehead atoms. The lowest BCUT2D eigenvalue weighted by molar-refractivity contribution is 0.412. The molecule has 0 aliphatic rings. The SMILES string of the molecule is COc1cc(Nc2cc(NN)nc(N)n2)ccc1Br. The highest BCUT2D eigenvalue weighted by molar-refractivity contribution is 9.10. The summed E-state index contributed by atoms with van der Waals surface area (Å²) in [5.41, 5.74) is 8.81. The van der Waals surface area contributed by atoms with Gasteiger partial charge < -0.3 is 21.2 Å². The van der Waals surface area contributed by atoms with Crippen LogP contribution in [0.2, 0.25) is 0 Å². The Morgan fingerprint density at radius 1 is 1.21 bits per heavy atom. The van der Waals surface area contributed by atoms with E-state index in [0.717, 1.165) is 10.2 Å². The second kappa shape index (κ2) is 5.72. The zero-order valence-corrected chi connectivity index (χ0v) is 11.7. The number of anilines is 4. The Balaban J connectivity index is 2.28. The van der Waals surface area contributed by atoms with Gasteiger partial charge in [0.2, 0.25) is 5.95 Å². The van der Waals surface area contributed by atoms with Crippen LogP contribution in [-0.2, 0) is 0 Å². The van der Waals surface area contributed by atoms with Gasteiger partial charge in [0.25, 0.3) is 0 Å². The molecule has 8 heteroatoms. The van der Waals surface area contributed by atoms with Crippen LogP contribution in [0, 0.1) is 0 Å². The van der Waals surface area contributed by atoms with Crippen LogP contribution in [0.4, 0.5) is 23.3 Å². The third-order valence-corrected chi connectivity index (χ3v) is 2.97. The van der Waals surface area contributed by atoms with Gasteiger partial charge in [-0.05, 0) is 28.1 Å². The number of nitrogens with zero attached hydrogens (tertiary/aromatic N) is 2. The molecule has 6 N–H and O–H groups in total. The van der Waals surface area contributed by atoms with Crippen molar-refractivity contribution >= 4 is 39.2 Å². The van der Waals surface area contributed by atoms with Crippen molar-refractivity contribution in [1.82, 2.24) is 9.97 Å². The highest BCUT2D eigenvalue weighted by Gasteiger charge is 2.05. The molecule has 0 amide bonds. The van der Waals surface area contributed by atoms with E-state index in [4.69, 9.17) is 16.3 Å². The third-order valence-electron chi connectivity index (χ3n) is 2.31. The van der Waals surface area contributed by atoms with Gasteiger partial charge >= 0.3 is 0 Å². The number of nitrogens with two attached hydrogens (primary N) is 2. The van der Waals surface area contributed by atoms with E-state index >= 15 is 0 Å². The fraction of sp³-hybridized carbons (Fsp3) is 0.0909. The monoisotopic (exact) mass is 324 g/mol. The van der Waals surface area contributed by atoms with Gasteiger partial charge in [-0.2, -0.15) is 9.97 Å². The quantitative estimate of drug-likeness (QED) is 0.501. The fourth-order valence-corrected chi connectivity index (χ4v) is 1.90. The van der Waals surface area contributed by atoms with E-state index < -0.39 is 0 Å². The Morgan fingerprint density at radius 3 is 2.63 bits per heavy atom. The van der Waals surface area contributed by atoms with Crippen LogP contribution in [-0.4, -0.2) is 17.1 Å². The van der Waals surface area contributed by atoms with Crippen molar-refractivity contribution < 1.29 is 4.74 Å². The molecule has 1 heterocycles. The Morgan fingerprint density at radius 2 is 1.95 bits per heavy atom. The minimum absolute atomic E-state index is 0.127. The Kier molecular flexibility index (Phi) is 4.03. The number of benzene rings is 1. The lowest BCUT2D eigenvalue weighted by atomic mass is 10.3. The predicted octanol–water partition coefficient (Wildman–Crippen LogP) is 1.86. The molecule has 1 aromatic carbocycles. The van der Waals surface area contributed by atoms with E-state index in [1.54, 1.807) is 13.2 Å². The van der Waals surface area contributed by atoms with Crippen LogP contribution < -0.4 is 27.1 Å². The maximum Gasteiger partial charge on any atom is 0.223 e. The lowest BCUT2D eigenvalue weighted by Crippen LogP contribution is -2.11. The number of hydrogen-bond acceptors (Lipinski definition) is 7. The van der Waals surface area contributed by atoms with E-state index in [1.807, 2.05) is 18.2 Å². The third kappa shape index (κ3) is 3.24. The van der Waals surface area contributed by atoms with E-state index in [2.05, 4.69) is 36.6 Å². The van der Waals surface area contributed by atoms with Crippen LogP contribution in [0.5, 0.6) is 5.75 Å². The lowest BCUT2D eigenvalue weighted by Gasteiger charge is -2.10. The minimum atomic E-state index is 0.127. The number of rotatable bonds is 4. The Hall–Kier alpha value is -2.06. The van der Waals surface area contributed by atoms with E-state index in [1.165, 1.54) is 0 Å². The van der Waals surface area contributed by atoms with Gasteiger partial charge in [0.15, 0.2) is 0 Å². The maximum atomic E-state index is 5.58. The molecule has 100 valence electrons. The smallest absolute Gasteiger partial charge is 0.223 e. The van der Waals surface area contributed by atoms with Crippen molar-refractivity contribution in [1.29, 1.82) is 0 Å². The highest BCUT2D eigenvalue weighted by Crippen LogP contribution is 2.29. The zero-order valence-electron chi connectivity index (χ0n) is 10.1. The number of aromatic nitrogens is 2. The summed E-state index contributed by atoms with van der Waals surface area (Å²) in [6, 6.07) is 7.22. The van der Waals surface area contributed by atoms with Crippen LogP contribution in [0.1, 0.15) is 0 Å². The number of nitrogens with one attached hydrogen (secondary N) is 2. The van der Waals surface area contributed by atoms with Crippen molar-refractivity contribution in [2.75, 3.05) is 23.6 Å². The van der Waals surface area contributed by atoms with Gasteiger partial charge in [0, 0.05) is 17.8 Å². The molecule has 0 spiro atoms. The van der Waals surface area contributed by atoms with Gasteiger partial charge in [-0.15, -0.1) is 0 Å². The van der Waals surface area contributed by atoms with Gasteiger partial charge in [-0.1, -0.05) is 0 Å². The number of hydrogen-bond donors (Lipinski definition) is 4. The van der Waals surface area contributed by atoms with Gasteiger partial charge in [-0.25, -0.2) is 5.84 Å². The first-order valence-electron chi connectivity index (χ1n) is 5.34. The first kappa shape index (κ1) is 13.4. The minimum Gasteiger partial charge on any atom is -0.495 e. The molecule has 0 saturated heterocycles. The molecule has 0 aliphatic carbocycles. The summed E-state index contributed by atoms with van der Waals surface area (Å²) in [5, 5.41) is 3.09. The number of ether oxygens (including phenoxy) is 1. The molecule has 0 unspecified atom stereocenters. The number of nitrogen functional groups attached to an aromatic ring is 2. The maximum absolute atomic E-state index is 5.58. The summed E-state index contributed by atoms with van der Waals surface area (Å²) in [4.78, 5) is 7.96. The molecule has 7 nitrogen and oxygen atoms in total. The Bertz CT molecular complexity index is 591. The largest absolute Gasteiger partial charge is 0.495 e. The highest BCUT2D eigenvalue weighted by atomic mass is 79.9. The summed E-state index contributed by atoms with van der Waals surface area (Å²) >= 11 is 3.39. The van der Waals surface area contributed by atoms with Crippen LogP contribution in [0.25, 0.3) is 0 Å². The standard InChI is InChI=1S/C11H13BrN6O/c1-19-8-4-6(2-3-7(8)12)15-9-5-10(18-14)17-11(13)16-9/h2-5H,14H2,1H3,(H4,13,15,16,17,18). The van der Waals surface area contributed by atoms with Crippen LogP contribution >= 0.6 is 15.9 Å². The topological polar surface area (TPSA) is 111 Å². The van der Waals surface area contributed by atoms with Crippen molar-refractivity contribution in [3.63, 3.8) is 0 Å². The van der Waals surface area contributed by atoms with E-state index in [9.17, 15) is 0 Å². The zero-order chi connectivity index (χ0) is 13.8. The predicted molar refractivity (Wildman–Crippen MR) is 78.2 cm³/mol.